The molecular formula is C10H10N2O3S. The fourth-order valence-electron chi connectivity index (χ4n) is 1.48. The second kappa shape index (κ2) is 3.73. The van der Waals surface area contributed by atoms with Crippen LogP contribution in [0.5, 0.6) is 0 Å². The molecule has 2 rings (SSSR count). The molecule has 0 spiro atoms. The number of para-hydroxylation sites is 1. The predicted octanol–water partition coefficient (Wildman–Crippen LogP) is 1.43. The van der Waals surface area contributed by atoms with Gasteiger partial charge < -0.3 is 0 Å². The van der Waals surface area contributed by atoms with E-state index in [9.17, 15) is 8.42 Å². The second-order valence-electron chi connectivity index (χ2n) is 3.32. The van der Waals surface area contributed by atoms with E-state index in [0.717, 1.165) is 11.9 Å². The lowest BCUT2D eigenvalue weighted by atomic mass is 10.3. The Morgan fingerprint density at radius 2 is 1.88 bits per heavy atom. The lowest BCUT2D eigenvalue weighted by molar-refractivity contribution is 0.482. The van der Waals surface area contributed by atoms with Crippen molar-refractivity contribution in [1.29, 1.82) is 0 Å². The monoisotopic (exact) mass is 238 g/mol. The van der Waals surface area contributed by atoms with Crippen LogP contribution in [0.2, 0.25) is 0 Å². The summed E-state index contributed by atoms with van der Waals surface area (Å²) in [4.78, 5) is -0.170. The smallest absolute Gasteiger partial charge is 0.282 e. The van der Waals surface area contributed by atoms with E-state index in [1.807, 2.05) is 18.2 Å². The summed E-state index contributed by atoms with van der Waals surface area (Å²) < 4.78 is 32.4. The van der Waals surface area contributed by atoms with Crippen LogP contribution in [0.1, 0.15) is 5.69 Å². The molecule has 0 aliphatic heterocycles. The SMILES string of the molecule is Cc1c(S(=O)(=O)O)cnn1-c1ccccc1. The van der Waals surface area contributed by atoms with Crippen molar-refractivity contribution in [3.8, 4) is 5.69 Å². The highest BCUT2D eigenvalue weighted by molar-refractivity contribution is 7.85. The lowest BCUT2D eigenvalue weighted by Crippen LogP contribution is -2.02. The van der Waals surface area contributed by atoms with Crippen molar-refractivity contribution in [2.24, 2.45) is 0 Å². The summed E-state index contributed by atoms with van der Waals surface area (Å²) in [6.07, 6.45) is 1.14. The van der Waals surface area contributed by atoms with Gasteiger partial charge in [-0.05, 0) is 19.1 Å². The molecule has 1 N–H and O–H groups in total. The van der Waals surface area contributed by atoms with Gasteiger partial charge in [0.2, 0.25) is 0 Å². The Morgan fingerprint density at radius 3 is 2.38 bits per heavy atom. The summed E-state index contributed by atoms with van der Waals surface area (Å²) in [7, 11) is -4.20. The molecule has 0 aliphatic carbocycles. The molecule has 0 saturated heterocycles. The van der Waals surface area contributed by atoms with E-state index in [1.54, 1.807) is 19.1 Å². The highest BCUT2D eigenvalue weighted by atomic mass is 32.2. The highest BCUT2D eigenvalue weighted by Crippen LogP contribution is 2.17. The Morgan fingerprint density at radius 1 is 1.25 bits per heavy atom. The van der Waals surface area contributed by atoms with E-state index in [0.29, 0.717) is 5.69 Å². The number of hydrogen-bond acceptors (Lipinski definition) is 3. The Balaban J connectivity index is 2.59. The topological polar surface area (TPSA) is 72.2 Å². The third kappa shape index (κ3) is 1.84. The maximum atomic E-state index is 11.0. The van der Waals surface area contributed by atoms with Gasteiger partial charge in [0.15, 0.2) is 0 Å². The summed E-state index contributed by atoms with van der Waals surface area (Å²) in [5.74, 6) is 0. The molecular weight excluding hydrogens is 228 g/mol. The Labute approximate surface area is 93.1 Å². The van der Waals surface area contributed by atoms with Crippen LogP contribution < -0.4 is 0 Å². The number of nitrogens with zero attached hydrogens (tertiary/aromatic N) is 2. The van der Waals surface area contributed by atoms with E-state index in [4.69, 9.17) is 4.55 Å². The molecule has 1 aromatic heterocycles. The molecule has 1 aromatic carbocycles. The zero-order valence-corrected chi connectivity index (χ0v) is 9.35. The van der Waals surface area contributed by atoms with Gasteiger partial charge in [-0.25, -0.2) is 4.68 Å². The highest BCUT2D eigenvalue weighted by Gasteiger charge is 2.18. The molecule has 16 heavy (non-hydrogen) atoms. The molecule has 0 fully saturated rings. The third-order valence-electron chi connectivity index (χ3n) is 2.24. The predicted molar refractivity (Wildman–Crippen MR) is 58.1 cm³/mol. The van der Waals surface area contributed by atoms with Gasteiger partial charge in [-0.1, -0.05) is 18.2 Å². The zero-order chi connectivity index (χ0) is 11.8. The molecule has 2 aromatic rings. The van der Waals surface area contributed by atoms with Crippen LogP contribution in [-0.4, -0.2) is 22.8 Å². The Bertz CT molecular complexity index is 602. The summed E-state index contributed by atoms with van der Waals surface area (Å²) in [6.45, 7) is 1.59. The number of rotatable bonds is 2. The van der Waals surface area contributed by atoms with E-state index < -0.39 is 10.1 Å². The standard InChI is InChI=1S/C10H10N2O3S/c1-8-10(16(13,14)15)7-11-12(8)9-5-3-2-4-6-9/h2-7H,1H3,(H,13,14,15). The van der Waals surface area contributed by atoms with Gasteiger partial charge in [0.05, 0.1) is 17.6 Å². The molecule has 0 aliphatic rings. The first-order valence-corrected chi connectivity index (χ1v) is 6.01. The number of aromatic nitrogens is 2. The average Bonchev–Trinajstić information content (AvgIpc) is 2.61. The summed E-state index contributed by atoms with van der Waals surface area (Å²) in [5.41, 5.74) is 1.13. The fraction of sp³-hybridized carbons (Fsp3) is 0.100. The maximum absolute atomic E-state index is 11.0. The van der Waals surface area contributed by atoms with Crippen LogP contribution in [0, 0.1) is 6.92 Å². The molecule has 84 valence electrons. The van der Waals surface area contributed by atoms with Crippen LogP contribution in [0.25, 0.3) is 5.69 Å². The normalized spacial score (nSPS) is 11.6. The summed E-state index contributed by atoms with van der Waals surface area (Å²) in [6, 6.07) is 9.10. The molecule has 0 bridgehead atoms. The molecule has 0 unspecified atom stereocenters. The zero-order valence-electron chi connectivity index (χ0n) is 8.53. The van der Waals surface area contributed by atoms with Crippen molar-refractivity contribution >= 4 is 10.1 Å². The van der Waals surface area contributed by atoms with Crippen LogP contribution in [0.15, 0.2) is 41.4 Å². The molecule has 0 saturated carbocycles. The van der Waals surface area contributed by atoms with Crippen molar-refractivity contribution < 1.29 is 13.0 Å². The van der Waals surface area contributed by atoms with Crippen molar-refractivity contribution in [2.45, 2.75) is 11.8 Å². The van der Waals surface area contributed by atoms with Crippen LogP contribution in [0.3, 0.4) is 0 Å². The Hall–Kier alpha value is -1.66. The first-order valence-electron chi connectivity index (χ1n) is 4.57. The van der Waals surface area contributed by atoms with Crippen LogP contribution in [0.4, 0.5) is 0 Å². The molecule has 5 nitrogen and oxygen atoms in total. The molecule has 1 heterocycles. The quantitative estimate of drug-likeness (QED) is 0.803. The van der Waals surface area contributed by atoms with Crippen molar-refractivity contribution in [3.05, 3.63) is 42.2 Å². The molecule has 0 atom stereocenters. The minimum atomic E-state index is -4.20. The molecule has 6 heteroatoms. The minimum Gasteiger partial charge on any atom is -0.282 e. The van der Waals surface area contributed by atoms with E-state index in [1.165, 1.54) is 4.68 Å². The molecule has 0 radical (unpaired) electrons. The van der Waals surface area contributed by atoms with Crippen molar-refractivity contribution in [3.63, 3.8) is 0 Å². The van der Waals surface area contributed by atoms with Crippen molar-refractivity contribution in [2.75, 3.05) is 0 Å². The number of hydrogen-bond donors (Lipinski definition) is 1. The van der Waals surface area contributed by atoms with Gasteiger partial charge >= 0.3 is 0 Å². The summed E-state index contributed by atoms with van der Waals surface area (Å²) in [5, 5.41) is 3.93. The van der Waals surface area contributed by atoms with Crippen LogP contribution >= 0.6 is 0 Å². The van der Waals surface area contributed by atoms with Gasteiger partial charge in [-0.15, -0.1) is 0 Å². The van der Waals surface area contributed by atoms with Gasteiger partial charge in [0.25, 0.3) is 10.1 Å². The number of benzene rings is 1. The second-order valence-corrected chi connectivity index (χ2v) is 4.71. The van der Waals surface area contributed by atoms with Crippen molar-refractivity contribution in [1.82, 2.24) is 9.78 Å². The van der Waals surface area contributed by atoms with Gasteiger partial charge in [-0.3, -0.25) is 4.55 Å². The van der Waals surface area contributed by atoms with E-state index >= 15 is 0 Å². The third-order valence-corrected chi connectivity index (χ3v) is 3.20. The van der Waals surface area contributed by atoms with Gasteiger partial charge in [0.1, 0.15) is 4.90 Å². The fourth-order valence-corrected chi connectivity index (χ4v) is 2.12. The summed E-state index contributed by atoms with van der Waals surface area (Å²) >= 11 is 0. The molecule has 0 amide bonds. The first-order chi connectivity index (χ1) is 7.50. The van der Waals surface area contributed by atoms with E-state index in [2.05, 4.69) is 5.10 Å². The van der Waals surface area contributed by atoms with Crippen LogP contribution in [-0.2, 0) is 10.1 Å². The largest absolute Gasteiger partial charge is 0.297 e. The minimum absolute atomic E-state index is 0.170. The Kier molecular flexibility index (Phi) is 2.53. The van der Waals surface area contributed by atoms with Gasteiger partial charge in [0, 0.05) is 0 Å². The lowest BCUT2D eigenvalue weighted by Gasteiger charge is -2.03. The van der Waals surface area contributed by atoms with Gasteiger partial charge in [-0.2, -0.15) is 13.5 Å². The maximum Gasteiger partial charge on any atom is 0.297 e. The first kappa shape index (κ1) is 10.8. The van der Waals surface area contributed by atoms with E-state index in [-0.39, 0.29) is 4.90 Å². The average molecular weight is 238 g/mol.